The number of anilines is 1. The van der Waals surface area contributed by atoms with E-state index in [0.717, 1.165) is 0 Å². The average molecular weight is 441 g/mol. The summed E-state index contributed by atoms with van der Waals surface area (Å²) in [5.74, 6) is -2.32. The first-order chi connectivity index (χ1) is 16.0. The minimum absolute atomic E-state index is 0.00337. The number of benzene rings is 3. The van der Waals surface area contributed by atoms with Gasteiger partial charge >= 0.3 is 5.97 Å². The lowest BCUT2D eigenvalue weighted by molar-refractivity contribution is -0.132. The lowest BCUT2D eigenvalue weighted by Gasteiger charge is -2.25. The van der Waals surface area contributed by atoms with Crippen LogP contribution in [0.3, 0.4) is 0 Å². The number of amides is 1. The molecule has 0 aliphatic carbocycles. The van der Waals surface area contributed by atoms with Crippen LogP contribution in [0.4, 0.5) is 5.69 Å². The van der Waals surface area contributed by atoms with E-state index in [1.807, 2.05) is 13.0 Å². The number of hydrogen-bond donors (Lipinski definition) is 1. The summed E-state index contributed by atoms with van der Waals surface area (Å²) >= 11 is 0. The molecule has 1 unspecified atom stereocenters. The van der Waals surface area contributed by atoms with Gasteiger partial charge in [0.25, 0.3) is 11.7 Å². The molecular formula is C27H23NO5. The Morgan fingerprint density at radius 1 is 0.909 bits per heavy atom. The van der Waals surface area contributed by atoms with Crippen molar-refractivity contribution in [3.05, 3.63) is 107 Å². The SMILES string of the molecule is CCCOC(=O)c1cccc(N2C(=O)C(=O)/C(=C(/O)c3ccccc3)C2c2ccccc2)c1. The molecule has 166 valence electrons. The molecule has 1 aliphatic heterocycles. The molecule has 6 nitrogen and oxygen atoms in total. The topological polar surface area (TPSA) is 83.9 Å². The molecule has 1 atom stereocenters. The number of nitrogens with zero attached hydrogens (tertiary/aromatic N) is 1. The van der Waals surface area contributed by atoms with E-state index >= 15 is 0 Å². The number of ketones is 1. The molecule has 1 fully saturated rings. The molecule has 1 aliphatic rings. The van der Waals surface area contributed by atoms with Crippen LogP contribution in [0.15, 0.2) is 90.5 Å². The van der Waals surface area contributed by atoms with Gasteiger partial charge in [-0.2, -0.15) is 0 Å². The number of carbonyl (C=O) groups excluding carboxylic acids is 3. The van der Waals surface area contributed by atoms with Gasteiger partial charge < -0.3 is 9.84 Å². The molecule has 3 aromatic rings. The van der Waals surface area contributed by atoms with E-state index in [0.29, 0.717) is 23.2 Å². The van der Waals surface area contributed by atoms with Crippen LogP contribution in [0.5, 0.6) is 0 Å². The van der Waals surface area contributed by atoms with Crippen molar-refractivity contribution in [2.75, 3.05) is 11.5 Å². The Labute approximate surface area is 191 Å². The molecule has 0 spiro atoms. The Morgan fingerprint density at radius 2 is 1.55 bits per heavy atom. The second kappa shape index (κ2) is 9.53. The third-order valence-corrected chi connectivity index (χ3v) is 5.40. The van der Waals surface area contributed by atoms with Gasteiger partial charge in [0.2, 0.25) is 0 Å². The van der Waals surface area contributed by atoms with Crippen LogP contribution >= 0.6 is 0 Å². The van der Waals surface area contributed by atoms with Gasteiger partial charge in [0.05, 0.1) is 23.8 Å². The van der Waals surface area contributed by atoms with Gasteiger partial charge in [0, 0.05) is 11.3 Å². The van der Waals surface area contributed by atoms with E-state index < -0.39 is 23.7 Å². The lowest BCUT2D eigenvalue weighted by Crippen LogP contribution is -2.29. The summed E-state index contributed by atoms with van der Waals surface area (Å²) in [5, 5.41) is 11.1. The summed E-state index contributed by atoms with van der Waals surface area (Å²) in [5.41, 5.74) is 1.74. The second-order valence-electron chi connectivity index (χ2n) is 7.63. The zero-order valence-corrected chi connectivity index (χ0v) is 18.1. The molecule has 0 bridgehead atoms. The molecule has 1 N–H and O–H groups in total. The Hall–Kier alpha value is -4.19. The highest BCUT2D eigenvalue weighted by Gasteiger charge is 2.47. The van der Waals surface area contributed by atoms with Crippen LogP contribution in [0.1, 0.15) is 40.9 Å². The maximum absolute atomic E-state index is 13.2. The van der Waals surface area contributed by atoms with E-state index in [2.05, 4.69) is 0 Å². The molecule has 0 saturated carbocycles. The summed E-state index contributed by atoms with van der Waals surface area (Å²) in [7, 11) is 0. The van der Waals surface area contributed by atoms with Gasteiger partial charge in [-0.05, 0) is 30.2 Å². The fraction of sp³-hybridized carbons (Fsp3) is 0.148. The maximum Gasteiger partial charge on any atom is 0.338 e. The predicted octanol–water partition coefficient (Wildman–Crippen LogP) is 4.88. The van der Waals surface area contributed by atoms with Crippen LogP contribution < -0.4 is 4.90 Å². The largest absolute Gasteiger partial charge is 0.507 e. The summed E-state index contributed by atoms with van der Waals surface area (Å²) in [4.78, 5) is 40.1. The van der Waals surface area contributed by atoms with Crippen molar-refractivity contribution in [2.45, 2.75) is 19.4 Å². The lowest BCUT2D eigenvalue weighted by atomic mass is 9.95. The minimum atomic E-state index is -0.853. The fourth-order valence-electron chi connectivity index (χ4n) is 3.86. The van der Waals surface area contributed by atoms with Crippen molar-refractivity contribution < 1.29 is 24.2 Å². The Bertz CT molecular complexity index is 1220. The highest BCUT2D eigenvalue weighted by molar-refractivity contribution is 6.51. The standard InChI is InChI=1S/C27H23NO5/c1-2-16-33-27(32)20-14-9-15-21(17-20)28-23(18-10-5-3-6-11-18)22(25(30)26(28)31)24(29)19-12-7-4-8-13-19/h3-15,17,23,29H,2,16H2,1H3/b24-22+. The number of Topliss-reactive ketones (excluding diaryl/α,β-unsaturated/α-hetero) is 1. The van der Waals surface area contributed by atoms with E-state index in [1.54, 1.807) is 72.8 Å². The average Bonchev–Trinajstić information content (AvgIpc) is 3.13. The van der Waals surface area contributed by atoms with Gasteiger partial charge in [-0.3, -0.25) is 14.5 Å². The summed E-state index contributed by atoms with van der Waals surface area (Å²) in [6.07, 6.45) is 0.688. The van der Waals surface area contributed by atoms with Crippen molar-refractivity contribution in [1.82, 2.24) is 0 Å². The van der Waals surface area contributed by atoms with E-state index in [9.17, 15) is 19.5 Å². The van der Waals surface area contributed by atoms with Gasteiger partial charge in [-0.1, -0.05) is 73.7 Å². The number of aliphatic hydroxyl groups excluding tert-OH is 1. The normalized spacial score (nSPS) is 17.2. The minimum Gasteiger partial charge on any atom is -0.507 e. The van der Waals surface area contributed by atoms with E-state index in [-0.39, 0.29) is 23.5 Å². The Kier molecular flexibility index (Phi) is 6.36. The highest BCUT2D eigenvalue weighted by Crippen LogP contribution is 2.42. The summed E-state index contributed by atoms with van der Waals surface area (Å²) < 4.78 is 5.21. The van der Waals surface area contributed by atoms with Crippen LogP contribution in [-0.4, -0.2) is 29.4 Å². The maximum atomic E-state index is 13.2. The molecule has 6 heteroatoms. The number of ether oxygens (including phenoxy) is 1. The zero-order chi connectivity index (χ0) is 23.4. The van der Waals surface area contributed by atoms with Gasteiger partial charge in [-0.15, -0.1) is 0 Å². The van der Waals surface area contributed by atoms with Crippen LogP contribution in [0.25, 0.3) is 5.76 Å². The quantitative estimate of drug-likeness (QED) is 0.255. The van der Waals surface area contributed by atoms with Crippen LogP contribution in [0, 0.1) is 0 Å². The Morgan fingerprint density at radius 3 is 2.21 bits per heavy atom. The van der Waals surface area contributed by atoms with E-state index in [4.69, 9.17) is 4.74 Å². The highest BCUT2D eigenvalue weighted by atomic mass is 16.5. The molecular weight excluding hydrogens is 418 g/mol. The van der Waals surface area contributed by atoms with Crippen LogP contribution in [0.2, 0.25) is 0 Å². The smallest absolute Gasteiger partial charge is 0.338 e. The van der Waals surface area contributed by atoms with Crippen molar-refractivity contribution >= 4 is 29.1 Å². The zero-order valence-electron chi connectivity index (χ0n) is 18.1. The number of rotatable bonds is 6. The van der Waals surface area contributed by atoms with Gasteiger partial charge in [0.15, 0.2) is 0 Å². The molecule has 1 heterocycles. The molecule has 3 aromatic carbocycles. The molecule has 1 amide bonds. The number of carbonyl (C=O) groups is 3. The number of hydrogen-bond acceptors (Lipinski definition) is 5. The van der Waals surface area contributed by atoms with Crippen molar-refractivity contribution in [3.63, 3.8) is 0 Å². The number of esters is 1. The van der Waals surface area contributed by atoms with Gasteiger partial charge in [0.1, 0.15) is 5.76 Å². The molecule has 4 rings (SSSR count). The first-order valence-corrected chi connectivity index (χ1v) is 10.7. The number of aliphatic hydroxyl groups is 1. The fourth-order valence-corrected chi connectivity index (χ4v) is 3.86. The first-order valence-electron chi connectivity index (χ1n) is 10.7. The van der Waals surface area contributed by atoms with E-state index in [1.165, 1.54) is 11.0 Å². The summed E-state index contributed by atoms with van der Waals surface area (Å²) in [6, 6.07) is 23.2. The third-order valence-electron chi connectivity index (χ3n) is 5.40. The van der Waals surface area contributed by atoms with Crippen LogP contribution in [-0.2, 0) is 14.3 Å². The Balaban J connectivity index is 1.85. The molecule has 0 radical (unpaired) electrons. The monoisotopic (exact) mass is 441 g/mol. The molecule has 33 heavy (non-hydrogen) atoms. The second-order valence-corrected chi connectivity index (χ2v) is 7.63. The summed E-state index contributed by atoms with van der Waals surface area (Å²) in [6.45, 7) is 2.18. The first kappa shape index (κ1) is 22.0. The third kappa shape index (κ3) is 4.28. The molecule has 1 saturated heterocycles. The predicted molar refractivity (Wildman–Crippen MR) is 125 cm³/mol. The van der Waals surface area contributed by atoms with Crippen molar-refractivity contribution in [2.24, 2.45) is 0 Å². The van der Waals surface area contributed by atoms with Gasteiger partial charge in [-0.25, -0.2) is 4.79 Å². The van der Waals surface area contributed by atoms with Crippen molar-refractivity contribution in [3.8, 4) is 0 Å². The van der Waals surface area contributed by atoms with Crippen molar-refractivity contribution in [1.29, 1.82) is 0 Å². The molecule has 0 aromatic heterocycles.